The fraction of sp³-hybridized carbons (Fsp3) is 0.414. The van der Waals surface area contributed by atoms with E-state index in [0.29, 0.717) is 12.3 Å². The molecule has 1 aliphatic carbocycles. The second-order valence-electron chi connectivity index (χ2n) is 10.1. The summed E-state index contributed by atoms with van der Waals surface area (Å²) < 4.78 is 6.16. The van der Waals surface area contributed by atoms with Gasteiger partial charge in [0.2, 0.25) is 5.91 Å². The first kappa shape index (κ1) is 23.2. The molecule has 0 radical (unpaired) electrons. The van der Waals surface area contributed by atoms with Crippen LogP contribution in [-0.2, 0) is 17.8 Å². The van der Waals surface area contributed by atoms with Crippen molar-refractivity contribution in [2.45, 2.75) is 51.7 Å². The number of aromatic nitrogens is 1. The lowest BCUT2D eigenvalue weighted by atomic mass is 9.87. The van der Waals surface area contributed by atoms with Crippen molar-refractivity contribution in [1.29, 1.82) is 0 Å². The summed E-state index contributed by atoms with van der Waals surface area (Å²) in [4.78, 5) is 34.4. The molecule has 1 saturated heterocycles. The Morgan fingerprint density at radius 3 is 2.69 bits per heavy atom. The third kappa shape index (κ3) is 4.64. The van der Waals surface area contributed by atoms with Gasteiger partial charge in [0, 0.05) is 30.9 Å². The van der Waals surface area contributed by atoms with E-state index >= 15 is 0 Å². The Balaban J connectivity index is 1.23. The zero-order valence-corrected chi connectivity index (χ0v) is 21.4. The molecule has 2 aliphatic heterocycles. The maximum Gasteiger partial charge on any atom is 0.273 e. The predicted molar refractivity (Wildman–Crippen MR) is 139 cm³/mol. The second kappa shape index (κ2) is 9.69. The average Bonchev–Trinajstić information content (AvgIpc) is 3.38. The molecule has 3 aliphatic rings. The molecule has 1 atom stereocenters. The van der Waals surface area contributed by atoms with Crippen molar-refractivity contribution in [2.75, 3.05) is 19.6 Å². The number of ether oxygens (including phenoxy) is 1. The molecule has 1 saturated carbocycles. The lowest BCUT2D eigenvalue weighted by Gasteiger charge is -2.38. The van der Waals surface area contributed by atoms with Crippen molar-refractivity contribution in [3.8, 4) is 5.75 Å². The van der Waals surface area contributed by atoms with E-state index in [9.17, 15) is 9.59 Å². The smallest absolute Gasteiger partial charge is 0.273 e. The molecule has 0 spiro atoms. The van der Waals surface area contributed by atoms with Crippen molar-refractivity contribution < 1.29 is 14.3 Å². The molecule has 2 amide bonds. The lowest BCUT2D eigenvalue weighted by Crippen LogP contribution is -2.41. The molecule has 3 heterocycles. The van der Waals surface area contributed by atoms with Crippen LogP contribution in [0, 0.1) is 12.8 Å². The Hall–Kier alpha value is -3.19. The molecule has 36 heavy (non-hydrogen) atoms. The van der Waals surface area contributed by atoms with Gasteiger partial charge in [0.1, 0.15) is 23.1 Å². The first-order valence-corrected chi connectivity index (χ1v) is 13.8. The van der Waals surface area contributed by atoms with Crippen LogP contribution in [0.5, 0.6) is 5.75 Å². The predicted octanol–water partition coefficient (Wildman–Crippen LogP) is 5.15. The summed E-state index contributed by atoms with van der Waals surface area (Å²) in [6.45, 7) is 4.79. The number of hydrogen-bond acceptors (Lipinski definition) is 5. The topological polar surface area (TPSA) is 62.7 Å². The van der Waals surface area contributed by atoms with Gasteiger partial charge in [-0.15, -0.1) is 11.3 Å². The van der Waals surface area contributed by atoms with Crippen molar-refractivity contribution >= 4 is 23.2 Å². The highest BCUT2D eigenvalue weighted by Crippen LogP contribution is 2.41. The van der Waals surface area contributed by atoms with Crippen LogP contribution in [0.3, 0.4) is 0 Å². The van der Waals surface area contributed by atoms with Crippen molar-refractivity contribution in [3.05, 3.63) is 80.8 Å². The minimum absolute atomic E-state index is 0.0187. The van der Waals surface area contributed by atoms with Crippen LogP contribution in [0.2, 0.25) is 0 Å². The van der Waals surface area contributed by atoms with Crippen LogP contribution in [0.1, 0.15) is 69.5 Å². The van der Waals surface area contributed by atoms with Crippen LogP contribution in [0.15, 0.2) is 47.8 Å². The largest absolute Gasteiger partial charge is 0.486 e. The van der Waals surface area contributed by atoms with Crippen LogP contribution in [0.25, 0.3) is 0 Å². The Morgan fingerprint density at radius 1 is 1.08 bits per heavy atom. The molecule has 1 unspecified atom stereocenters. The van der Waals surface area contributed by atoms with Gasteiger partial charge in [-0.3, -0.25) is 9.59 Å². The molecule has 7 heteroatoms. The van der Waals surface area contributed by atoms with Crippen molar-refractivity contribution in [1.82, 2.24) is 14.8 Å². The quantitative estimate of drug-likeness (QED) is 0.469. The number of aryl methyl sites for hydroxylation is 1. The Bertz CT molecular complexity index is 1290. The van der Waals surface area contributed by atoms with Crippen molar-refractivity contribution in [2.24, 2.45) is 5.92 Å². The van der Waals surface area contributed by atoms with Crippen molar-refractivity contribution in [3.63, 3.8) is 0 Å². The van der Waals surface area contributed by atoms with Crippen LogP contribution >= 0.6 is 11.3 Å². The highest BCUT2D eigenvalue weighted by Gasteiger charge is 2.39. The van der Waals surface area contributed by atoms with E-state index in [0.717, 1.165) is 73.6 Å². The summed E-state index contributed by atoms with van der Waals surface area (Å²) in [7, 11) is 0. The molecule has 3 aromatic rings. The third-order valence-electron chi connectivity index (χ3n) is 7.44. The first-order valence-electron chi connectivity index (χ1n) is 12.9. The van der Waals surface area contributed by atoms with Gasteiger partial charge in [0.15, 0.2) is 0 Å². The number of hydrogen-bond donors (Lipinski definition) is 0. The van der Waals surface area contributed by atoms with Gasteiger partial charge in [0.05, 0.1) is 6.04 Å². The maximum atomic E-state index is 13.2. The number of benzene rings is 2. The fourth-order valence-electron chi connectivity index (χ4n) is 5.39. The molecule has 0 bridgehead atoms. The summed E-state index contributed by atoms with van der Waals surface area (Å²) in [6, 6.07) is 14.6. The van der Waals surface area contributed by atoms with E-state index in [1.54, 1.807) is 0 Å². The van der Waals surface area contributed by atoms with Crippen LogP contribution in [0.4, 0.5) is 0 Å². The highest BCUT2D eigenvalue weighted by molar-refractivity contribution is 7.09. The highest BCUT2D eigenvalue weighted by atomic mass is 32.1. The van der Waals surface area contributed by atoms with Gasteiger partial charge in [0.25, 0.3) is 5.91 Å². The number of carbonyl (C=O) groups excluding carboxylic acids is 2. The molecule has 2 aromatic carbocycles. The fourth-order valence-corrected chi connectivity index (χ4v) is 6.07. The lowest BCUT2D eigenvalue weighted by molar-refractivity contribution is -0.134. The van der Waals surface area contributed by atoms with Crippen LogP contribution in [-0.4, -0.2) is 46.2 Å². The second-order valence-corrected chi connectivity index (χ2v) is 11.1. The number of rotatable bonds is 6. The number of thiazole rings is 1. The summed E-state index contributed by atoms with van der Waals surface area (Å²) in [5.41, 5.74) is 5.25. The molecule has 0 N–H and O–H groups in total. The Morgan fingerprint density at radius 2 is 1.92 bits per heavy atom. The monoisotopic (exact) mass is 501 g/mol. The minimum atomic E-state index is -0.102. The molecular weight excluding hydrogens is 470 g/mol. The van der Waals surface area contributed by atoms with Gasteiger partial charge < -0.3 is 14.5 Å². The summed E-state index contributed by atoms with van der Waals surface area (Å²) >= 11 is 1.46. The van der Waals surface area contributed by atoms with E-state index in [2.05, 4.69) is 53.2 Å². The van der Waals surface area contributed by atoms with Crippen LogP contribution < -0.4 is 4.74 Å². The SMILES string of the molecule is Cc1cccc(C2c3cc(OCc4nc(C(=O)N5CCCC5)cs4)ccc3CCN2C(=O)C2CC2)c1. The zero-order chi connectivity index (χ0) is 24.6. The van der Waals surface area contributed by atoms with E-state index < -0.39 is 0 Å². The number of carbonyl (C=O) groups is 2. The molecule has 2 fully saturated rings. The first-order chi connectivity index (χ1) is 17.6. The molecule has 186 valence electrons. The van der Waals surface area contributed by atoms with Gasteiger partial charge >= 0.3 is 0 Å². The number of fused-ring (bicyclic) bond motifs is 1. The van der Waals surface area contributed by atoms with E-state index in [4.69, 9.17) is 4.74 Å². The maximum absolute atomic E-state index is 13.2. The van der Waals surface area contributed by atoms with E-state index in [1.165, 1.54) is 22.5 Å². The van der Waals surface area contributed by atoms with Gasteiger partial charge in [-0.1, -0.05) is 35.9 Å². The Kier molecular flexibility index (Phi) is 6.25. The molecule has 1 aromatic heterocycles. The standard InChI is InChI=1S/C29H31N3O3S/c1-19-5-4-6-22(15-19)27-24-16-23(10-9-20(24)11-14-32(27)28(33)21-7-8-21)35-17-26-30-25(18-36-26)29(34)31-12-2-3-13-31/h4-6,9-10,15-16,18,21,27H,2-3,7-8,11-14,17H2,1H3. The Labute approximate surface area is 215 Å². The zero-order valence-electron chi connectivity index (χ0n) is 20.6. The van der Waals surface area contributed by atoms with Gasteiger partial charge in [-0.05, 0) is 67.9 Å². The molecule has 6 rings (SSSR count). The van der Waals surface area contributed by atoms with E-state index in [-0.39, 0.29) is 23.8 Å². The van der Waals surface area contributed by atoms with Gasteiger partial charge in [-0.2, -0.15) is 0 Å². The van der Waals surface area contributed by atoms with E-state index in [1.807, 2.05) is 16.3 Å². The number of likely N-dealkylation sites (tertiary alicyclic amines) is 1. The summed E-state index contributed by atoms with van der Waals surface area (Å²) in [5, 5.41) is 2.62. The average molecular weight is 502 g/mol. The molecular formula is C29H31N3O3S. The summed E-state index contributed by atoms with van der Waals surface area (Å²) in [6.07, 6.45) is 4.99. The number of nitrogens with zero attached hydrogens (tertiary/aromatic N) is 3. The minimum Gasteiger partial charge on any atom is -0.486 e. The molecule has 6 nitrogen and oxygen atoms in total. The van der Waals surface area contributed by atoms with Gasteiger partial charge in [-0.25, -0.2) is 4.98 Å². The normalized spacial score (nSPS) is 19.3. The summed E-state index contributed by atoms with van der Waals surface area (Å²) in [5.74, 6) is 1.23. The third-order valence-corrected chi connectivity index (χ3v) is 8.26. The number of amides is 2.